The molecule has 0 radical (unpaired) electrons. The van der Waals surface area contributed by atoms with Crippen molar-refractivity contribution in [2.24, 2.45) is 5.10 Å². The summed E-state index contributed by atoms with van der Waals surface area (Å²) in [5, 5.41) is 7.09. The first-order chi connectivity index (χ1) is 15.3. The van der Waals surface area contributed by atoms with Gasteiger partial charge >= 0.3 is 0 Å². The summed E-state index contributed by atoms with van der Waals surface area (Å²) in [7, 11) is 1.68. The van der Waals surface area contributed by atoms with Gasteiger partial charge in [-0.2, -0.15) is 5.10 Å². The van der Waals surface area contributed by atoms with E-state index < -0.39 is 0 Å². The molecule has 5 nitrogen and oxygen atoms in total. The van der Waals surface area contributed by atoms with Crippen molar-refractivity contribution in [2.75, 3.05) is 13.7 Å². The molecular formula is C26H24N2O3. The van der Waals surface area contributed by atoms with Gasteiger partial charge in [0.2, 0.25) is 6.23 Å². The lowest BCUT2D eigenvalue weighted by Gasteiger charge is -2.38. The average molecular weight is 412 g/mol. The average Bonchev–Trinajstić information content (AvgIpc) is 3.28. The van der Waals surface area contributed by atoms with Gasteiger partial charge in [0.05, 0.1) is 18.9 Å². The lowest BCUT2D eigenvalue weighted by atomic mass is 9.96. The smallest absolute Gasteiger partial charge is 0.213 e. The van der Waals surface area contributed by atoms with Crippen LogP contribution in [0.25, 0.3) is 0 Å². The second-order valence-electron chi connectivity index (χ2n) is 7.55. The summed E-state index contributed by atoms with van der Waals surface area (Å²) < 4.78 is 17.3. The van der Waals surface area contributed by atoms with Crippen molar-refractivity contribution in [3.8, 4) is 17.2 Å². The maximum absolute atomic E-state index is 6.42. The van der Waals surface area contributed by atoms with E-state index in [9.17, 15) is 0 Å². The largest absolute Gasteiger partial charge is 0.497 e. The van der Waals surface area contributed by atoms with Gasteiger partial charge in [-0.05, 0) is 60.2 Å². The molecule has 0 amide bonds. The van der Waals surface area contributed by atoms with Crippen LogP contribution in [0.1, 0.15) is 35.4 Å². The minimum Gasteiger partial charge on any atom is -0.497 e. The normalized spacial score (nSPS) is 19.0. The molecule has 5 rings (SSSR count). The Kier molecular flexibility index (Phi) is 5.08. The van der Waals surface area contributed by atoms with Crippen LogP contribution in [0.4, 0.5) is 0 Å². The molecule has 0 bridgehead atoms. The third kappa shape index (κ3) is 3.63. The van der Waals surface area contributed by atoms with Crippen molar-refractivity contribution in [3.05, 3.63) is 102 Å². The van der Waals surface area contributed by atoms with Crippen LogP contribution < -0.4 is 14.2 Å². The molecule has 2 aliphatic heterocycles. The summed E-state index contributed by atoms with van der Waals surface area (Å²) in [5.41, 5.74) is 4.34. The number of fused-ring (bicyclic) bond motifs is 3. The van der Waals surface area contributed by atoms with Gasteiger partial charge in [0, 0.05) is 17.5 Å². The third-order valence-electron chi connectivity index (χ3n) is 5.66. The molecule has 31 heavy (non-hydrogen) atoms. The molecule has 0 fully saturated rings. The van der Waals surface area contributed by atoms with E-state index in [1.54, 1.807) is 13.2 Å². The maximum Gasteiger partial charge on any atom is 0.213 e. The Morgan fingerprint density at radius 1 is 1.03 bits per heavy atom. The number of rotatable bonds is 6. The van der Waals surface area contributed by atoms with E-state index in [4.69, 9.17) is 19.3 Å². The first kappa shape index (κ1) is 19.2. The summed E-state index contributed by atoms with van der Waals surface area (Å²) >= 11 is 0. The van der Waals surface area contributed by atoms with Crippen molar-refractivity contribution in [2.45, 2.75) is 18.7 Å². The number of hydrogen-bond donors (Lipinski definition) is 0. The highest BCUT2D eigenvalue weighted by Crippen LogP contribution is 2.47. The first-order valence-electron chi connectivity index (χ1n) is 10.4. The van der Waals surface area contributed by atoms with Crippen molar-refractivity contribution >= 4 is 5.71 Å². The zero-order valence-electron chi connectivity index (χ0n) is 17.4. The summed E-state index contributed by atoms with van der Waals surface area (Å²) in [6, 6.07) is 24.4. The van der Waals surface area contributed by atoms with E-state index in [2.05, 4.69) is 35.9 Å². The van der Waals surface area contributed by atoms with Gasteiger partial charge in [0.15, 0.2) is 0 Å². The topological polar surface area (TPSA) is 43.3 Å². The van der Waals surface area contributed by atoms with E-state index in [-0.39, 0.29) is 12.3 Å². The van der Waals surface area contributed by atoms with Crippen LogP contribution in [0.3, 0.4) is 0 Å². The van der Waals surface area contributed by atoms with Crippen LogP contribution in [0.2, 0.25) is 0 Å². The first-order valence-corrected chi connectivity index (χ1v) is 10.4. The van der Waals surface area contributed by atoms with E-state index in [1.807, 2.05) is 48.5 Å². The summed E-state index contributed by atoms with van der Waals surface area (Å²) in [5.74, 6) is 2.55. The molecule has 3 aromatic carbocycles. The zero-order valence-corrected chi connectivity index (χ0v) is 17.4. The predicted molar refractivity (Wildman–Crippen MR) is 121 cm³/mol. The molecule has 0 N–H and O–H groups in total. The Morgan fingerprint density at radius 3 is 2.52 bits per heavy atom. The molecule has 0 aromatic heterocycles. The minimum absolute atomic E-state index is 0.128. The van der Waals surface area contributed by atoms with Crippen LogP contribution >= 0.6 is 0 Å². The molecule has 0 saturated carbocycles. The van der Waals surface area contributed by atoms with Crippen molar-refractivity contribution in [1.29, 1.82) is 0 Å². The third-order valence-corrected chi connectivity index (χ3v) is 5.66. The fraction of sp³-hybridized carbons (Fsp3) is 0.192. The van der Waals surface area contributed by atoms with Crippen LogP contribution in [-0.2, 0) is 0 Å². The fourth-order valence-electron chi connectivity index (χ4n) is 4.10. The fourth-order valence-corrected chi connectivity index (χ4v) is 4.10. The Morgan fingerprint density at radius 2 is 1.77 bits per heavy atom. The van der Waals surface area contributed by atoms with Crippen LogP contribution in [-0.4, -0.2) is 24.4 Å². The molecule has 5 heteroatoms. The van der Waals surface area contributed by atoms with Gasteiger partial charge in [-0.15, -0.1) is 0 Å². The van der Waals surface area contributed by atoms with E-state index in [0.717, 1.165) is 46.1 Å². The Labute approximate surface area is 182 Å². The standard InChI is InChI=1S/C26H24N2O3/c1-3-16-30-21-14-10-19(11-15-21)26-28-24(22-6-4-5-7-25(22)31-26)17-23(27-28)18-8-12-20(29-2)13-9-18/h3-15,24,26H,1,16-17H2,2H3/t24-,26-/m0/s1. The molecule has 0 saturated heterocycles. The van der Waals surface area contributed by atoms with Crippen molar-refractivity contribution < 1.29 is 14.2 Å². The number of benzene rings is 3. The van der Waals surface area contributed by atoms with Gasteiger partial charge in [0.25, 0.3) is 0 Å². The molecule has 2 aliphatic rings. The summed E-state index contributed by atoms with van der Waals surface area (Å²) in [6.45, 7) is 4.18. The molecule has 0 aliphatic carbocycles. The molecule has 2 atom stereocenters. The van der Waals surface area contributed by atoms with E-state index in [0.29, 0.717) is 6.61 Å². The Balaban J connectivity index is 1.49. The second-order valence-corrected chi connectivity index (χ2v) is 7.55. The van der Waals surface area contributed by atoms with Gasteiger partial charge in [-0.25, -0.2) is 5.01 Å². The van der Waals surface area contributed by atoms with Crippen LogP contribution in [0, 0.1) is 0 Å². The maximum atomic E-state index is 6.42. The molecule has 0 spiro atoms. The SMILES string of the molecule is C=CCOc1ccc([C@@H]2Oc3ccccc3[C@@H]3CC(c4ccc(OC)cc4)=NN32)cc1. The van der Waals surface area contributed by atoms with Crippen molar-refractivity contribution in [3.63, 3.8) is 0 Å². The predicted octanol–water partition coefficient (Wildman–Crippen LogP) is 5.50. The number of hydrogen-bond acceptors (Lipinski definition) is 5. The minimum atomic E-state index is -0.302. The van der Waals surface area contributed by atoms with Gasteiger partial charge in [0.1, 0.15) is 23.9 Å². The highest BCUT2D eigenvalue weighted by molar-refractivity contribution is 6.02. The molecule has 156 valence electrons. The Hall–Kier alpha value is -3.73. The second kappa shape index (κ2) is 8.19. The highest BCUT2D eigenvalue weighted by Gasteiger charge is 2.40. The van der Waals surface area contributed by atoms with E-state index >= 15 is 0 Å². The summed E-state index contributed by atoms with van der Waals surface area (Å²) in [4.78, 5) is 0. The highest BCUT2D eigenvalue weighted by atomic mass is 16.5. The lowest BCUT2D eigenvalue weighted by molar-refractivity contribution is -0.0190. The summed E-state index contributed by atoms with van der Waals surface area (Å²) in [6.07, 6.45) is 2.26. The molecule has 0 unspecified atom stereocenters. The monoisotopic (exact) mass is 412 g/mol. The molecular weight excluding hydrogens is 388 g/mol. The number of hydrazone groups is 1. The van der Waals surface area contributed by atoms with Crippen molar-refractivity contribution in [1.82, 2.24) is 5.01 Å². The number of methoxy groups -OCH3 is 1. The lowest BCUT2D eigenvalue weighted by Crippen LogP contribution is -2.33. The van der Waals surface area contributed by atoms with Crippen LogP contribution in [0.15, 0.2) is 90.6 Å². The van der Waals surface area contributed by atoms with Gasteiger partial charge in [-0.3, -0.25) is 0 Å². The zero-order chi connectivity index (χ0) is 21.2. The van der Waals surface area contributed by atoms with E-state index in [1.165, 1.54) is 0 Å². The molecule has 3 aromatic rings. The van der Waals surface area contributed by atoms with Crippen LogP contribution in [0.5, 0.6) is 17.2 Å². The van der Waals surface area contributed by atoms with Gasteiger partial charge in [-0.1, -0.05) is 30.9 Å². The number of para-hydroxylation sites is 1. The number of ether oxygens (including phenoxy) is 3. The molecule has 2 heterocycles. The Bertz CT molecular complexity index is 1110. The quantitative estimate of drug-likeness (QED) is 0.501. The van der Waals surface area contributed by atoms with Gasteiger partial charge < -0.3 is 14.2 Å². The number of nitrogens with zero attached hydrogens (tertiary/aromatic N) is 2.